The van der Waals surface area contributed by atoms with Crippen LogP contribution in [-0.4, -0.2) is 43.7 Å². The molecule has 1 amide bonds. The second-order valence-electron chi connectivity index (χ2n) is 9.22. The SMILES string of the molecule is CC(C)(C)c1ccc([C@H](CNC(=O)c2cc(=O)c3ccccc3o2)N2CCOCC2)cc1. The second-order valence-corrected chi connectivity index (χ2v) is 9.22. The van der Waals surface area contributed by atoms with Crippen molar-refractivity contribution < 1.29 is 13.9 Å². The van der Waals surface area contributed by atoms with Gasteiger partial charge in [0.15, 0.2) is 11.2 Å². The topological polar surface area (TPSA) is 71.8 Å². The fourth-order valence-corrected chi connectivity index (χ4v) is 4.04. The molecule has 32 heavy (non-hydrogen) atoms. The summed E-state index contributed by atoms with van der Waals surface area (Å²) in [4.78, 5) is 27.5. The summed E-state index contributed by atoms with van der Waals surface area (Å²) in [6.45, 7) is 9.93. The summed E-state index contributed by atoms with van der Waals surface area (Å²) in [7, 11) is 0. The van der Waals surface area contributed by atoms with Crippen LogP contribution in [0.1, 0.15) is 48.5 Å². The van der Waals surface area contributed by atoms with Gasteiger partial charge in [0, 0.05) is 25.7 Å². The summed E-state index contributed by atoms with van der Waals surface area (Å²) in [6.07, 6.45) is 0. The quantitative estimate of drug-likeness (QED) is 0.660. The number of hydrogen-bond donors (Lipinski definition) is 1. The number of morpholine rings is 1. The molecule has 3 aromatic rings. The first-order chi connectivity index (χ1) is 15.3. The molecule has 1 aromatic heterocycles. The van der Waals surface area contributed by atoms with Crippen LogP contribution in [0.4, 0.5) is 0 Å². The highest BCUT2D eigenvalue weighted by atomic mass is 16.5. The first kappa shape index (κ1) is 22.2. The summed E-state index contributed by atoms with van der Waals surface area (Å²) in [6, 6.07) is 16.8. The molecule has 1 saturated heterocycles. The number of ether oxygens (including phenoxy) is 1. The lowest BCUT2D eigenvalue weighted by atomic mass is 9.86. The highest BCUT2D eigenvalue weighted by Gasteiger charge is 2.25. The lowest BCUT2D eigenvalue weighted by Gasteiger charge is -2.35. The third-order valence-corrected chi connectivity index (χ3v) is 5.96. The minimum absolute atomic E-state index is 0.00375. The number of hydrogen-bond acceptors (Lipinski definition) is 5. The maximum Gasteiger partial charge on any atom is 0.287 e. The molecule has 4 rings (SSSR count). The third-order valence-electron chi connectivity index (χ3n) is 5.96. The molecule has 6 nitrogen and oxygen atoms in total. The van der Waals surface area contributed by atoms with Crippen molar-refractivity contribution in [3.05, 3.63) is 81.7 Å². The zero-order valence-corrected chi connectivity index (χ0v) is 18.9. The molecule has 2 aromatic carbocycles. The van der Waals surface area contributed by atoms with Crippen molar-refractivity contribution in [3.63, 3.8) is 0 Å². The van der Waals surface area contributed by atoms with E-state index in [0.29, 0.717) is 30.7 Å². The van der Waals surface area contributed by atoms with Crippen LogP contribution in [-0.2, 0) is 10.2 Å². The Hall–Kier alpha value is -2.96. The third kappa shape index (κ3) is 4.92. The molecule has 168 valence electrons. The summed E-state index contributed by atoms with van der Waals surface area (Å²) in [5.41, 5.74) is 2.67. The van der Waals surface area contributed by atoms with Crippen LogP contribution in [0.2, 0.25) is 0 Å². The van der Waals surface area contributed by atoms with Gasteiger partial charge in [-0.2, -0.15) is 0 Å². The van der Waals surface area contributed by atoms with E-state index >= 15 is 0 Å². The van der Waals surface area contributed by atoms with Crippen molar-refractivity contribution in [3.8, 4) is 0 Å². The van der Waals surface area contributed by atoms with E-state index < -0.39 is 5.91 Å². The lowest BCUT2D eigenvalue weighted by Crippen LogP contribution is -2.43. The number of fused-ring (bicyclic) bond motifs is 1. The molecule has 0 unspecified atom stereocenters. The van der Waals surface area contributed by atoms with Gasteiger partial charge >= 0.3 is 0 Å². The number of carbonyl (C=O) groups is 1. The van der Waals surface area contributed by atoms with Gasteiger partial charge in [0.05, 0.1) is 24.6 Å². The Labute approximate surface area is 188 Å². The van der Waals surface area contributed by atoms with Gasteiger partial charge in [-0.15, -0.1) is 0 Å². The monoisotopic (exact) mass is 434 g/mol. The Morgan fingerprint density at radius 3 is 2.44 bits per heavy atom. The highest BCUT2D eigenvalue weighted by molar-refractivity contribution is 5.93. The number of carbonyl (C=O) groups excluding carboxylic acids is 1. The van der Waals surface area contributed by atoms with Gasteiger partial charge in [-0.25, -0.2) is 0 Å². The van der Waals surface area contributed by atoms with E-state index in [4.69, 9.17) is 9.15 Å². The molecule has 1 aliphatic rings. The van der Waals surface area contributed by atoms with Gasteiger partial charge in [0.2, 0.25) is 0 Å². The van der Waals surface area contributed by atoms with Gasteiger partial charge in [0.1, 0.15) is 5.58 Å². The Morgan fingerprint density at radius 2 is 1.75 bits per heavy atom. The first-order valence-electron chi connectivity index (χ1n) is 11.1. The smallest absolute Gasteiger partial charge is 0.287 e. The largest absolute Gasteiger partial charge is 0.451 e. The molecule has 2 heterocycles. The Balaban J connectivity index is 1.55. The molecule has 1 fully saturated rings. The zero-order chi connectivity index (χ0) is 22.7. The fourth-order valence-electron chi connectivity index (χ4n) is 4.04. The van der Waals surface area contributed by atoms with E-state index in [2.05, 4.69) is 55.3 Å². The van der Waals surface area contributed by atoms with Crippen molar-refractivity contribution in [1.29, 1.82) is 0 Å². The Morgan fingerprint density at radius 1 is 1.06 bits per heavy atom. The van der Waals surface area contributed by atoms with Gasteiger partial charge in [-0.1, -0.05) is 57.2 Å². The van der Waals surface area contributed by atoms with E-state index in [1.54, 1.807) is 24.3 Å². The van der Waals surface area contributed by atoms with Crippen LogP contribution in [0.15, 0.2) is 63.8 Å². The fraction of sp³-hybridized carbons (Fsp3) is 0.385. The van der Waals surface area contributed by atoms with Gasteiger partial charge < -0.3 is 14.5 Å². The average molecular weight is 435 g/mol. The van der Waals surface area contributed by atoms with E-state index in [9.17, 15) is 9.59 Å². The summed E-state index contributed by atoms with van der Waals surface area (Å²) in [5.74, 6) is -0.366. The minimum Gasteiger partial charge on any atom is -0.451 e. The molecule has 0 radical (unpaired) electrons. The maximum atomic E-state index is 12.9. The molecule has 0 aliphatic carbocycles. The molecule has 0 saturated carbocycles. The number of amides is 1. The lowest BCUT2D eigenvalue weighted by molar-refractivity contribution is 0.0161. The predicted octanol–water partition coefficient (Wildman–Crippen LogP) is 3.89. The van der Waals surface area contributed by atoms with Crippen molar-refractivity contribution in [2.45, 2.75) is 32.2 Å². The predicted molar refractivity (Wildman–Crippen MR) is 125 cm³/mol. The molecule has 0 bridgehead atoms. The normalized spacial score (nSPS) is 16.1. The van der Waals surface area contributed by atoms with E-state index in [1.807, 2.05) is 0 Å². The Kier molecular flexibility index (Phi) is 6.44. The van der Waals surface area contributed by atoms with E-state index in [0.717, 1.165) is 18.7 Å². The number of nitrogens with one attached hydrogen (secondary N) is 1. The van der Waals surface area contributed by atoms with Crippen LogP contribution in [0.3, 0.4) is 0 Å². The summed E-state index contributed by atoms with van der Waals surface area (Å²) in [5, 5.41) is 3.44. The zero-order valence-electron chi connectivity index (χ0n) is 18.9. The van der Waals surface area contributed by atoms with Gasteiger partial charge in [-0.3, -0.25) is 14.5 Å². The number of nitrogens with zero attached hydrogens (tertiary/aromatic N) is 1. The van der Waals surface area contributed by atoms with Crippen molar-refractivity contribution in [2.24, 2.45) is 0 Å². The van der Waals surface area contributed by atoms with Gasteiger partial charge in [-0.05, 0) is 28.7 Å². The minimum atomic E-state index is -0.391. The second kappa shape index (κ2) is 9.27. The Bertz CT molecular complexity index is 1140. The molecule has 1 aliphatic heterocycles. The molecular weight excluding hydrogens is 404 g/mol. The van der Waals surface area contributed by atoms with Crippen LogP contribution >= 0.6 is 0 Å². The van der Waals surface area contributed by atoms with E-state index in [-0.39, 0.29) is 22.6 Å². The van der Waals surface area contributed by atoms with Gasteiger partial charge in [0.25, 0.3) is 5.91 Å². The number of rotatable bonds is 5. The van der Waals surface area contributed by atoms with Crippen molar-refractivity contribution in [1.82, 2.24) is 10.2 Å². The summed E-state index contributed by atoms with van der Waals surface area (Å²) < 4.78 is 11.2. The van der Waals surface area contributed by atoms with E-state index in [1.165, 1.54) is 11.6 Å². The maximum absolute atomic E-state index is 12.9. The van der Waals surface area contributed by atoms with Crippen LogP contribution in [0.25, 0.3) is 11.0 Å². The van der Waals surface area contributed by atoms with Crippen LogP contribution in [0.5, 0.6) is 0 Å². The summed E-state index contributed by atoms with van der Waals surface area (Å²) >= 11 is 0. The van der Waals surface area contributed by atoms with Crippen molar-refractivity contribution in [2.75, 3.05) is 32.8 Å². The molecular formula is C26H30N2O4. The molecule has 0 spiro atoms. The van der Waals surface area contributed by atoms with Crippen LogP contribution in [0, 0.1) is 0 Å². The highest BCUT2D eigenvalue weighted by Crippen LogP contribution is 2.26. The molecule has 1 atom stereocenters. The number of benzene rings is 2. The van der Waals surface area contributed by atoms with Crippen LogP contribution < -0.4 is 10.7 Å². The number of para-hydroxylation sites is 1. The van der Waals surface area contributed by atoms with Crippen molar-refractivity contribution >= 4 is 16.9 Å². The average Bonchev–Trinajstić information content (AvgIpc) is 2.79. The standard InChI is InChI=1S/C26H30N2O4/c1-26(2,3)19-10-8-18(9-11-19)21(28-12-14-31-15-13-28)17-27-25(30)24-16-22(29)20-6-4-5-7-23(20)32-24/h4-11,16,21H,12-15,17H2,1-3H3,(H,27,30)/t21-/m0/s1. The first-order valence-corrected chi connectivity index (χ1v) is 11.1. The molecule has 6 heteroatoms. The molecule has 1 N–H and O–H groups in total.